The van der Waals surface area contributed by atoms with Gasteiger partial charge in [-0.3, -0.25) is 0 Å². The van der Waals surface area contributed by atoms with Crippen LogP contribution in [0.2, 0.25) is 0 Å². The summed E-state index contributed by atoms with van der Waals surface area (Å²) in [6, 6.07) is 0. The lowest BCUT2D eigenvalue weighted by Gasteiger charge is -2.33. The summed E-state index contributed by atoms with van der Waals surface area (Å²) >= 11 is 0. The Bertz CT molecular complexity index is 205. The highest BCUT2D eigenvalue weighted by Gasteiger charge is 2.67. The zero-order valence-corrected chi connectivity index (χ0v) is 11.8. The Morgan fingerprint density at radius 1 is 1.06 bits per heavy atom. The molecule has 0 saturated carbocycles. The van der Waals surface area contributed by atoms with Crippen molar-refractivity contribution < 1.29 is 26.4 Å². The first kappa shape index (κ1) is 16.9. The third-order valence-corrected chi connectivity index (χ3v) is 5.41. The van der Waals surface area contributed by atoms with Crippen LogP contribution in [0.1, 0.15) is 32.6 Å². The summed E-state index contributed by atoms with van der Waals surface area (Å²) in [4.78, 5) is 0. The summed E-state index contributed by atoms with van der Waals surface area (Å²) in [5.74, 6) is 0. The second kappa shape index (κ2) is 7.35. The van der Waals surface area contributed by atoms with Gasteiger partial charge in [0.1, 0.15) is 0 Å². The standard InChI is InChI=1S/C10H21F3O3Si/c1-5-6-7-8-9(11)10(12,13)17(14-2,15-3)16-4/h9H,5-8H2,1-4H3. The second-order valence-corrected chi connectivity index (χ2v) is 6.76. The number of rotatable bonds is 9. The van der Waals surface area contributed by atoms with Crippen molar-refractivity contribution in [3.63, 3.8) is 0 Å². The first-order chi connectivity index (χ1) is 7.91. The van der Waals surface area contributed by atoms with Crippen LogP contribution in [0.25, 0.3) is 0 Å². The van der Waals surface area contributed by atoms with E-state index in [1.54, 1.807) is 0 Å². The van der Waals surface area contributed by atoms with Gasteiger partial charge in [-0.2, -0.15) is 8.78 Å². The van der Waals surface area contributed by atoms with Crippen LogP contribution in [-0.2, 0) is 13.3 Å². The molecule has 0 aromatic carbocycles. The first-order valence-corrected chi connectivity index (χ1v) is 7.31. The Balaban J connectivity index is 4.70. The molecule has 1 atom stereocenters. The van der Waals surface area contributed by atoms with Gasteiger partial charge in [0.2, 0.25) is 0 Å². The molecule has 0 heterocycles. The molecule has 0 spiro atoms. The summed E-state index contributed by atoms with van der Waals surface area (Å²) in [5, 5.41) is 0. The van der Waals surface area contributed by atoms with Crippen LogP contribution >= 0.6 is 0 Å². The molecule has 7 heteroatoms. The maximum absolute atomic E-state index is 13.9. The third kappa shape index (κ3) is 3.67. The molecule has 0 aromatic rings. The maximum atomic E-state index is 13.9. The van der Waals surface area contributed by atoms with Crippen LogP contribution < -0.4 is 0 Å². The number of hydrogen-bond donors (Lipinski definition) is 0. The Labute approximate surface area is 102 Å². The van der Waals surface area contributed by atoms with E-state index in [0.717, 1.165) is 34.2 Å². The molecule has 0 bridgehead atoms. The van der Waals surface area contributed by atoms with Crippen LogP contribution in [0.15, 0.2) is 0 Å². The Morgan fingerprint density at radius 3 is 1.88 bits per heavy atom. The Hall–Kier alpha value is -0.113. The summed E-state index contributed by atoms with van der Waals surface area (Å²) in [6.07, 6.45) is -0.543. The van der Waals surface area contributed by atoms with Crippen molar-refractivity contribution in [1.29, 1.82) is 0 Å². The molecule has 0 N–H and O–H groups in total. The maximum Gasteiger partial charge on any atom is 0.577 e. The van der Waals surface area contributed by atoms with Crippen molar-refractivity contribution in [2.75, 3.05) is 21.3 Å². The summed E-state index contributed by atoms with van der Waals surface area (Å²) in [5.41, 5.74) is -3.72. The van der Waals surface area contributed by atoms with Gasteiger partial charge in [-0.1, -0.05) is 26.2 Å². The lowest BCUT2D eigenvalue weighted by atomic mass is 10.1. The van der Waals surface area contributed by atoms with Gasteiger partial charge in [-0.25, -0.2) is 4.39 Å². The fraction of sp³-hybridized carbons (Fsp3) is 1.00. The molecular formula is C10H21F3O3Si. The van der Waals surface area contributed by atoms with E-state index in [9.17, 15) is 13.2 Å². The largest absolute Gasteiger partial charge is 0.577 e. The highest BCUT2D eigenvalue weighted by atomic mass is 28.4. The SMILES string of the molecule is CCCCCC(F)C(F)(F)[Si](OC)(OC)OC. The van der Waals surface area contributed by atoms with Crippen molar-refractivity contribution in [1.82, 2.24) is 0 Å². The molecule has 3 nitrogen and oxygen atoms in total. The lowest BCUT2D eigenvalue weighted by molar-refractivity contribution is -0.0809. The number of alkyl halides is 3. The number of hydrogen-bond acceptors (Lipinski definition) is 3. The Morgan fingerprint density at radius 2 is 1.53 bits per heavy atom. The van der Waals surface area contributed by atoms with E-state index in [2.05, 4.69) is 13.3 Å². The van der Waals surface area contributed by atoms with Gasteiger partial charge in [0, 0.05) is 21.3 Å². The zero-order chi connectivity index (χ0) is 13.5. The van der Waals surface area contributed by atoms with Gasteiger partial charge in [0.25, 0.3) is 0 Å². The van der Waals surface area contributed by atoms with Crippen molar-refractivity contribution in [3.8, 4) is 0 Å². The predicted molar refractivity (Wildman–Crippen MR) is 60.8 cm³/mol. The van der Waals surface area contributed by atoms with Gasteiger partial charge in [0.15, 0.2) is 6.17 Å². The molecular weight excluding hydrogens is 253 g/mol. The average molecular weight is 274 g/mol. The molecule has 0 aliphatic heterocycles. The monoisotopic (exact) mass is 274 g/mol. The fourth-order valence-electron chi connectivity index (χ4n) is 1.60. The van der Waals surface area contributed by atoms with Crippen LogP contribution in [0.5, 0.6) is 0 Å². The van der Waals surface area contributed by atoms with Crippen molar-refractivity contribution in [2.24, 2.45) is 0 Å². The van der Waals surface area contributed by atoms with Crippen molar-refractivity contribution in [2.45, 2.75) is 44.3 Å². The van der Waals surface area contributed by atoms with E-state index in [-0.39, 0.29) is 6.42 Å². The van der Waals surface area contributed by atoms with Gasteiger partial charge >= 0.3 is 14.4 Å². The van der Waals surface area contributed by atoms with Crippen LogP contribution in [-0.4, -0.2) is 41.9 Å². The van der Waals surface area contributed by atoms with Crippen molar-refractivity contribution >= 4 is 8.80 Å². The van der Waals surface area contributed by atoms with Crippen molar-refractivity contribution in [3.05, 3.63) is 0 Å². The van der Waals surface area contributed by atoms with Crippen LogP contribution in [0.4, 0.5) is 13.2 Å². The Kier molecular flexibility index (Phi) is 7.30. The number of unbranched alkanes of at least 4 members (excludes halogenated alkanes) is 2. The molecule has 0 radical (unpaired) electrons. The number of halogens is 3. The molecule has 0 aromatic heterocycles. The molecule has 0 aliphatic rings. The predicted octanol–water partition coefficient (Wildman–Crippen LogP) is 2.96. The summed E-state index contributed by atoms with van der Waals surface area (Å²) < 4.78 is 55.3. The topological polar surface area (TPSA) is 27.7 Å². The van der Waals surface area contributed by atoms with E-state index in [0.29, 0.717) is 6.42 Å². The molecule has 0 aliphatic carbocycles. The summed E-state index contributed by atoms with van der Waals surface area (Å²) in [7, 11) is -1.13. The molecule has 17 heavy (non-hydrogen) atoms. The molecule has 0 fully saturated rings. The van der Waals surface area contributed by atoms with Gasteiger partial charge in [0.05, 0.1) is 0 Å². The van der Waals surface area contributed by atoms with Gasteiger partial charge in [-0.05, 0) is 6.42 Å². The second-order valence-electron chi connectivity index (χ2n) is 3.75. The third-order valence-electron chi connectivity index (χ3n) is 2.67. The zero-order valence-electron chi connectivity index (χ0n) is 10.8. The minimum Gasteiger partial charge on any atom is -0.373 e. The lowest BCUT2D eigenvalue weighted by Crippen LogP contribution is -2.63. The van der Waals surface area contributed by atoms with Crippen LogP contribution in [0, 0.1) is 0 Å². The molecule has 0 saturated heterocycles. The van der Waals surface area contributed by atoms with Crippen LogP contribution in [0.3, 0.4) is 0 Å². The van der Waals surface area contributed by atoms with E-state index in [1.165, 1.54) is 0 Å². The quantitative estimate of drug-likeness (QED) is 0.478. The smallest absolute Gasteiger partial charge is 0.373 e. The summed E-state index contributed by atoms with van der Waals surface area (Å²) in [6.45, 7) is 1.92. The van der Waals surface area contributed by atoms with E-state index < -0.39 is 20.5 Å². The van der Waals surface area contributed by atoms with Gasteiger partial charge < -0.3 is 13.3 Å². The highest BCUT2D eigenvalue weighted by Crippen LogP contribution is 2.36. The average Bonchev–Trinajstić information content (AvgIpc) is 2.32. The minimum atomic E-state index is -4.28. The van der Waals surface area contributed by atoms with Gasteiger partial charge in [-0.15, -0.1) is 0 Å². The molecule has 104 valence electrons. The normalized spacial score (nSPS) is 15.0. The first-order valence-electron chi connectivity index (χ1n) is 5.59. The fourth-order valence-corrected chi connectivity index (χ4v) is 3.45. The molecule has 0 amide bonds. The van der Waals surface area contributed by atoms with E-state index in [1.807, 2.05) is 6.92 Å². The molecule has 1 unspecified atom stereocenters. The van der Waals surface area contributed by atoms with E-state index in [4.69, 9.17) is 0 Å². The molecule has 0 rings (SSSR count). The highest BCUT2D eigenvalue weighted by molar-refractivity contribution is 6.63. The van der Waals surface area contributed by atoms with E-state index >= 15 is 0 Å². The minimum absolute atomic E-state index is 0.217.